The second-order valence-electron chi connectivity index (χ2n) is 6.92. The summed E-state index contributed by atoms with van der Waals surface area (Å²) in [7, 11) is 0. The van der Waals surface area contributed by atoms with Crippen LogP contribution < -0.4 is 4.90 Å². The van der Waals surface area contributed by atoms with Crippen molar-refractivity contribution >= 4 is 17.3 Å². The van der Waals surface area contributed by atoms with E-state index in [4.69, 9.17) is 11.6 Å². The molecule has 0 spiro atoms. The molecule has 0 amide bonds. The van der Waals surface area contributed by atoms with Gasteiger partial charge in [-0.15, -0.1) is 0 Å². The molecule has 1 saturated heterocycles. The number of nitrogens with zero attached hydrogens (tertiary/aromatic N) is 2. The van der Waals surface area contributed by atoms with Crippen LogP contribution in [0.15, 0.2) is 48.1 Å². The fourth-order valence-corrected chi connectivity index (χ4v) is 3.71. The van der Waals surface area contributed by atoms with Gasteiger partial charge in [0, 0.05) is 43.4 Å². The van der Waals surface area contributed by atoms with Crippen molar-refractivity contribution in [3.8, 4) is 0 Å². The standard InChI is InChI=1S/C20H27ClN2/c1-16(2)18-5-3-17(4-6-18)15-22-11-13-23(14-12-22)20-9-7-19(21)8-10-20/h3,7-10,18H,1,4-6,11-15H2,2H3. The van der Waals surface area contributed by atoms with Crippen LogP contribution in [0.2, 0.25) is 5.02 Å². The lowest BCUT2D eigenvalue weighted by atomic mass is 9.85. The predicted molar refractivity (Wildman–Crippen MR) is 100 cm³/mol. The van der Waals surface area contributed by atoms with Gasteiger partial charge in [-0.1, -0.05) is 35.4 Å². The zero-order chi connectivity index (χ0) is 16.2. The molecule has 1 atom stereocenters. The van der Waals surface area contributed by atoms with Gasteiger partial charge in [-0.05, 0) is 56.4 Å². The summed E-state index contributed by atoms with van der Waals surface area (Å²) in [6.45, 7) is 11.9. The van der Waals surface area contributed by atoms with Gasteiger partial charge >= 0.3 is 0 Å². The molecule has 3 heteroatoms. The van der Waals surface area contributed by atoms with Gasteiger partial charge in [0.2, 0.25) is 0 Å². The minimum atomic E-state index is 0.709. The zero-order valence-electron chi connectivity index (χ0n) is 14.1. The topological polar surface area (TPSA) is 6.48 Å². The second kappa shape index (κ2) is 7.55. The van der Waals surface area contributed by atoms with Crippen LogP contribution in [0, 0.1) is 5.92 Å². The Morgan fingerprint density at radius 3 is 2.43 bits per heavy atom. The molecule has 0 bridgehead atoms. The average Bonchev–Trinajstić information content (AvgIpc) is 2.57. The van der Waals surface area contributed by atoms with E-state index >= 15 is 0 Å². The molecule has 1 aliphatic heterocycles. The Morgan fingerprint density at radius 1 is 1.17 bits per heavy atom. The summed E-state index contributed by atoms with van der Waals surface area (Å²) in [4.78, 5) is 5.05. The first kappa shape index (κ1) is 16.6. The van der Waals surface area contributed by atoms with E-state index in [1.807, 2.05) is 12.1 Å². The van der Waals surface area contributed by atoms with Crippen molar-refractivity contribution in [2.24, 2.45) is 5.92 Å². The SMILES string of the molecule is C=C(C)C1CC=C(CN2CCN(c3ccc(Cl)cc3)CC2)CC1. The number of hydrogen-bond donors (Lipinski definition) is 0. The molecular formula is C20H27ClN2. The van der Waals surface area contributed by atoms with E-state index in [0.717, 1.165) is 37.7 Å². The van der Waals surface area contributed by atoms with Gasteiger partial charge in [0.25, 0.3) is 0 Å². The van der Waals surface area contributed by atoms with Crippen molar-refractivity contribution in [3.63, 3.8) is 0 Å². The maximum absolute atomic E-state index is 5.97. The third-order valence-electron chi connectivity index (χ3n) is 5.19. The highest BCUT2D eigenvalue weighted by atomic mass is 35.5. The number of halogens is 1. The number of allylic oxidation sites excluding steroid dienone is 2. The zero-order valence-corrected chi connectivity index (χ0v) is 14.9. The van der Waals surface area contributed by atoms with Crippen molar-refractivity contribution in [3.05, 3.63) is 53.1 Å². The number of anilines is 1. The Balaban J connectivity index is 1.48. The molecule has 23 heavy (non-hydrogen) atoms. The highest BCUT2D eigenvalue weighted by Crippen LogP contribution is 2.29. The lowest BCUT2D eigenvalue weighted by Crippen LogP contribution is -2.47. The Labute approximate surface area is 145 Å². The normalized spacial score (nSPS) is 22.8. The summed E-state index contributed by atoms with van der Waals surface area (Å²) in [6, 6.07) is 8.21. The van der Waals surface area contributed by atoms with Crippen LogP contribution in [0.25, 0.3) is 0 Å². The van der Waals surface area contributed by atoms with E-state index in [1.165, 1.54) is 30.5 Å². The van der Waals surface area contributed by atoms with Crippen LogP contribution in [-0.4, -0.2) is 37.6 Å². The monoisotopic (exact) mass is 330 g/mol. The number of rotatable bonds is 4. The maximum Gasteiger partial charge on any atom is 0.0407 e. The second-order valence-corrected chi connectivity index (χ2v) is 7.36. The molecule has 0 aromatic heterocycles. The van der Waals surface area contributed by atoms with Gasteiger partial charge in [0.1, 0.15) is 0 Å². The molecule has 0 radical (unpaired) electrons. The van der Waals surface area contributed by atoms with Gasteiger partial charge < -0.3 is 4.90 Å². The summed E-state index contributed by atoms with van der Waals surface area (Å²) in [5.74, 6) is 0.709. The molecule has 2 nitrogen and oxygen atoms in total. The first-order valence-electron chi connectivity index (χ1n) is 8.68. The lowest BCUT2D eigenvalue weighted by molar-refractivity contribution is 0.273. The highest BCUT2D eigenvalue weighted by molar-refractivity contribution is 6.30. The molecule has 0 saturated carbocycles. The van der Waals surface area contributed by atoms with Gasteiger partial charge in [-0.3, -0.25) is 4.90 Å². The average molecular weight is 331 g/mol. The smallest absolute Gasteiger partial charge is 0.0407 e. The van der Waals surface area contributed by atoms with Crippen LogP contribution in [0.5, 0.6) is 0 Å². The Kier molecular flexibility index (Phi) is 5.45. The minimum Gasteiger partial charge on any atom is -0.369 e. The molecule has 1 aromatic rings. The van der Waals surface area contributed by atoms with Gasteiger partial charge in [0.15, 0.2) is 0 Å². The predicted octanol–water partition coefficient (Wildman–Crippen LogP) is 4.76. The van der Waals surface area contributed by atoms with Crippen LogP contribution in [-0.2, 0) is 0 Å². The van der Waals surface area contributed by atoms with Gasteiger partial charge in [-0.2, -0.15) is 0 Å². The number of benzene rings is 1. The molecule has 124 valence electrons. The van der Waals surface area contributed by atoms with Gasteiger partial charge in [0.05, 0.1) is 0 Å². The summed E-state index contributed by atoms with van der Waals surface area (Å²) in [5, 5.41) is 0.810. The van der Waals surface area contributed by atoms with Crippen LogP contribution in [0.1, 0.15) is 26.2 Å². The van der Waals surface area contributed by atoms with E-state index in [0.29, 0.717) is 5.92 Å². The molecule has 1 aromatic carbocycles. The Bertz CT molecular complexity index is 568. The molecule has 3 rings (SSSR count). The van der Waals surface area contributed by atoms with E-state index < -0.39 is 0 Å². The van der Waals surface area contributed by atoms with Crippen molar-refractivity contribution in [1.29, 1.82) is 0 Å². The van der Waals surface area contributed by atoms with E-state index in [1.54, 1.807) is 5.57 Å². The van der Waals surface area contributed by atoms with Crippen LogP contribution >= 0.6 is 11.6 Å². The van der Waals surface area contributed by atoms with Crippen LogP contribution in [0.4, 0.5) is 5.69 Å². The fraction of sp³-hybridized carbons (Fsp3) is 0.500. The minimum absolute atomic E-state index is 0.709. The van der Waals surface area contributed by atoms with E-state index in [-0.39, 0.29) is 0 Å². The van der Waals surface area contributed by atoms with Crippen molar-refractivity contribution < 1.29 is 0 Å². The molecule has 1 unspecified atom stereocenters. The molecule has 2 aliphatic rings. The molecular weight excluding hydrogens is 304 g/mol. The summed E-state index contributed by atoms with van der Waals surface area (Å²) >= 11 is 5.97. The largest absolute Gasteiger partial charge is 0.369 e. The molecule has 0 N–H and O–H groups in total. The fourth-order valence-electron chi connectivity index (χ4n) is 3.58. The molecule has 1 heterocycles. The summed E-state index contributed by atoms with van der Waals surface area (Å²) in [5.41, 5.74) is 4.26. The third kappa shape index (κ3) is 4.39. The molecule has 1 aliphatic carbocycles. The first-order valence-corrected chi connectivity index (χ1v) is 9.06. The quantitative estimate of drug-likeness (QED) is 0.734. The number of hydrogen-bond acceptors (Lipinski definition) is 2. The first-order chi connectivity index (χ1) is 11.1. The third-order valence-corrected chi connectivity index (χ3v) is 5.44. The number of piperazine rings is 1. The van der Waals surface area contributed by atoms with E-state index in [9.17, 15) is 0 Å². The molecule has 1 fully saturated rings. The van der Waals surface area contributed by atoms with Crippen LogP contribution in [0.3, 0.4) is 0 Å². The Hall–Kier alpha value is -1.25. The van der Waals surface area contributed by atoms with Gasteiger partial charge in [-0.25, -0.2) is 0 Å². The summed E-state index contributed by atoms with van der Waals surface area (Å²) in [6.07, 6.45) is 6.19. The lowest BCUT2D eigenvalue weighted by Gasteiger charge is -2.37. The van der Waals surface area contributed by atoms with Crippen molar-refractivity contribution in [2.75, 3.05) is 37.6 Å². The van der Waals surface area contributed by atoms with Crippen molar-refractivity contribution in [1.82, 2.24) is 4.90 Å². The Morgan fingerprint density at radius 2 is 1.87 bits per heavy atom. The van der Waals surface area contributed by atoms with E-state index in [2.05, 4.69) is 41.5 Å². The highest BCUT2D eigenvalue weighted by Gasteiger charge is 2.20. The van der Waals surface area contributed by atoms with Crippen molar-refractivity contribution in [2.45, 2.75) is 26.2 Å². The summed E-state index contributed by atoms with van der Waals surface area (Å²) < 4.78 is 0. The maximum atomic E-state index is 5.97.